The Kier molecular flexibility index (Phi) is 3.72. The van der Waals surface area contributed by atoms with Gasteiger partial charge < -0.3 is 0 Å². The van der Waals surface area contributed by atoms with Crippen LogP contribution in [0.5, 0.6) is 0 Å². The Balaban J connectivity index is 2.12. The van der Waals surface area contributed by atoms with E-state index in [0.29, 0.717) is 10.6 Å². The number of aromatic nitrogens is 1. The van der Waals surface area contributed by atoms with Crippen molar-refractivity contribution in [1.29, 1.82) is 0 Å². The lowest BCUT2D eigenvalue weighted by Gasteiger charge is -2.02. The minimum Gasteiger partial charge on any atom is -0.258 e. The molecule has 0 saturated heterocycles. The van der Waals surface area contributed by atoms with Crippen LogP contribution in [0.3, 0.4) is 0 Å². The summed E-state index contributed by atoms with van der Waals surface area (Å²) in [6.07, 6.45) is 2.85. The Labute approximate surface area is 103 Å². The summed E-state index contributed by atoms with van der Waals surface area (Å²) in [4.78, 5) is 14.8. The number of benzene rings is 1. The average Bonchev–Trinajstić information content (AvgIpc) is 2.38. The molecule has 0 aliphatic rings. The minimum atomic E-state index is -0.402. The Morgan fingerprint density at radius 3 is 2.71 bits per heavy atom. The number of rotatable bonds is 4. The first-order valence-electron chi connectivity index (χ1n) is 5.02. The molecule has 0 N–H and O–H groups in total. The standard InChI is InChI=1S/C12H10N2O2S/c15-14(16)11-8-13-7-6-12(11)17-9-10-4-2-1-3-5-10/h1-8H,9H2. The number of hydrogen-bond acceptors (Lipinski definition) is 4. The number of nitro groups is 1. The molecule has 4 nitrogen and oxygen atoms in total. The molecular formula is C12H10N2O2S. The second-order valence-corrected chi connectivity index (χ2v) is 4.39. The summed E-state index contributed by atoms with van der Waals surface area (Å²) in [5.74, 6) is 0.714. The predicted molar refractivity (Wildman–Crippen MR) is 66.9 cm³/mol. The minimum absolute atomic E-state index is 0.0634. The van der Waals surface area contributed by atoms with Crippen LogP contribution in [0.4, 0.5) is 5.69 Å². The number of hydrogen-bond donors (Lipinski definition) is 0. The Morgan fingerprint density at radius 1 is 1.24 bits per heavy atom. The van der Waals surface area contributed by atoms with Crippen LogP contribution in [-0.2, 0) is 5.75 Å². The topological polar surface area (TPSA) is 56.0 Å². The maximum absolute atomic E-state index is 10.8. The van der Waals surface area contributed by atoms with Gasteiger partial charge in [0.25, 0.3) is 0 Å². The Morgan fingerprint density at radius 2 is 2.00 bits per heavy atom. The summed E-state index contributed by atoms with van der Waals surface area (Å²) in [7, 11) is 0. The summed E-state index contributed by atoms with van der Waals surface area (Å²) >= 11 is 1.45. The first kappa shape index (κ1) is 11.6. The largest absolute Gasteiger partial charge is 0.300 e. The van der Waals surface area contributed by atoms with Crippen LogP contribution in [0, 0.1) is 10.1 Å². The molecule has 5 heteroatoms. The van der Waals surface area contributed by atoms with Crippen LogP contribution in [0.15, 0.2) is 53.7 Å². The molecule has 0 amide bonds. The third-order valence-corrected chi connectivity index (χ3v) is 3.33. The number of nitrogens with zero attached hydrogens (tertiary/aromatic N) is 2. The van der Waals surface area contributed by atoms with E-state index in [4.69, 9.17) is 0 Å². The zero-order valence-corrected chi connectivity index (χ0v) is 9.76. The van der Waals surface area contributed by atoms with E-state index in [2.05, 4.69) is 4.98 Å². The first-order valence-corrected chi connectivity index (χ1v) is 6.01. The normalized spacial score (nSPS) is 10.1. The molecule has 2 rings (SSSR count). The van der Waals surface area contributed by atoms with Crippen LogP contribution in [0.2, 0.25) is 0 Å². The van der Waals surface area contributed by atoms with E-state index in [0.717, 1.165) is 5.56 Å². The molecule has 1 aromatic carbocycles. The summed E-state index contributed by atoms with van der Waals surface area (Å²) in [6.45, 7) is 0. The van der Waals surface area contributed by atoms with E-state index >= 15 is 0 Å². The van der Waals surface area contributed by atoms with Crippen molar-refractivity contribution in [3.05, 3.63) is 64.5 Å². The van der Waals surface area contributed by atoms with Gasteiger partial charge in [0, 0.05) is 11.9 Å². The van der Waals surface area contributed by atoms with Crippen LogP contribution >= 0.6 is 11.8 Å². The van der Waals surface area contributed by atoms with Crippen molar-refractivity contribution >= 4 is 17.4 Å². The highest BCUT2D eigenvalue weighted by molar-refractivity contribution is 7.98. The molecule has 2 aromatic rings. The van der Waals surface area contributed by atoms with Gasteiger partial charge in [-0.05, 0) is 11.6 Å². The summed E-state index contributed by atoms with van der Waals surface area (Å²) in [6, 6.07) is 11.5. The molecule has 0 spiro atoms. The van der Waals surface area contributed by atoms with Gasteiger partial charge >= 0.3 is 5.69 Å². The van der Waals surface area contributed by atoms with Crippen LogP contribution in [0.1, 0.15) is 5.56 Å². The predicted octanol–water partition coefficient (Wildman–Crippen LogP) is 3.28. The lowest BCUT2D eigenvalue weighted by molar-refractivity contribution is -0.388. The van der Waals surface area contributed by atoms with Gasteiger partial charge in [-0.2, -0.15) is 0 Å². The van der Waals surface area contributed by atoms with Crippen LogP contribution < -0.4 is 0 Å². The second-order valence-electron chi connectivity index (χ2n) is 3.37. The summed E-state index contributed by atoms with van der Waals surface area (Å²) < 4.78 is 0. The monoisotopic (exact) mass is 246 g/mol. The summed E-state index contributed by atoms with van der Waals surface area (Å²) in [5, 5.41) is 10.8. The second kappa shape index (κ2) is 5.45. The van der Waals surface area contributed by atoms with Crippen LogP contribution in [0.25, 0.3) is 0 Å². The SMILES string of the molecule is O=[N+]([O-])c1cnccc1SCc1ccccc1. The molecule has 0 saturated carbocycles. The molecule has 1 heterocycles. The zero-order valence-electron chi connectivity index (χ0n) is 8.95. The van der Waals surface area contributed by atoms with E-state index < -0.39 is 4.92 Å². The first-order chi connectivity index (χ1) is 8.27. The highest BCUT2D eigenvalue weighted by Gasteiger charge is 2.13. The highest BCUT2D eigenvalue weighted by Crippen LogP contribution is 2.30. The molecule has 0 aliphatic heterocycles. The van der Waals surface area contributed by atoms with Gasteiger partial charge in [0.05, 0.1) is 9.82 Å². The fourth-order valence-electron chi connectivity index (χ4n) is 1.37. The average molecular weight is 246 g/mol. The number of thioether (sulfide) groups is 1. The molecule has 0 bridgehead atoms. The number of pyridine rings is 1. The molecule has 86 valence electrons. The van der Waals surface area contributed by atoms with Crippen molar-refractivity contribution in [2.75, 3.05) is 0 Å². The fourth-order valence-corrected chi connectivity index (χ4v) is 2.31. The van der Waals surface area contributed by atoms with Crippen molar-refractivity contribution in [3.63, 3.8) is 0 Å². The van der Waals surface area contributed by atoms with E-state index in [1.54, 1.807) is 12.3 Å². The van der Waals surface area contributed by atoms with E-state index in [-0.39, 0.29) is 5.69 Å². The molecule has 0 radical (unpaired) electrons. The van der Waals surface area contributed by atoms with Crippen molar-refractivity contribution in [2.45, 2.75) is 10.6 Å². The van der Waals surface area contributed by atoms with Gasteiger partial charge in [0.2, 0.25) is 0 Å². The van der Waals surface area contributed by atoms with Crippen LogP contribution in [-0.4, -0.2) is 9.91 Å². The highest BCUT2D eigenvalue weighted by atomic mass is 32.2. The molecule has 1 aromatic heterocycles. The lowest BCUT2D eigenvalue weighted by atomic mass is 10.2. The lowest BCUT2D eigenvalue weighted by Crippen LogP contribution is -1.92. The van der Waals surface area contributed by atoms with E-state index in [9.17, 15) is 10.1 Å². The quantitative estimate of drug-likeness (QED) is 0.472. The molecule has 0 fully saturated rings. The van der Waals surface area contributed by atoms with Gasteiger partial charge in [-0.1, -0.05) is 30.3 Å². The molecule has 0 atom stereocenters. The molecule has 0 unspecified atom stereocenters. The van der Waals surface area contributed by atoms with Gasteiger partial charge in [-0.25, -0.2) is 0 Å². The van der Waals surface area contributed by atoms with Gasteiger partial charge in [-0.15, -0.1) is 11.8 Å². The van der Waals surface area contributed by atoms with Gasteiger partial charge in [-0.3, -0.25) is 15.1 Å². The maximum atomic E-state index is 10.8. The zero-order chi connectivity index (χ0) is 12.1. The molecular weight excluding hydrogens is 236 g/mol. The third-order valence-electron chi connectivity index (χ3n) is 2.20. The van der Waals surface area contributed by atoms with Crippen molar-refractivity contribution in [3.8, 4) is 0 Å². The van der Waals surface area contributed by atoms with E-state index in [1.807, 2.05) is 30.3 Å². The van der Waals surface area contributed by atoms with Crippen molar-refractivity contribution in [1.82, 2.24) is 4.98 Å². The third kappa shape index (κ3) is 3.04. The van der Waals surface area contributed by atoms with E-state index in [1.165, 1.54) is 18.0 Å². The van der Waals surface area contributed by atoms with Gasteiger partial charge in [0.1, 0.15) is 6.20 Å². The molecule has 17 heavy (non-hydrogen) atoms. The van der Waals surface area contributed by atoms with Crippen molar-refractivity contribution < 1.29 is 4.92 Å². The summed E-state index contributed by atoms with van der Waals surface area (Å²) in [5.41, 5.74) is 1.21. The Bertz CT molecular complexity index is 517. The Hall–Kier alpha value is -1.88. The van der Waals surface area contributed by atoms with Crippen molar-refractivity contribution in [2.24, 2.45) is 0 Å². The smallest absolute Gasteiger partial charge is 0.258 e. The maximum Gasteiger partial charge on any atom is 0.300 e. The van der Waals surface area contributed by atoms with Gasteiger partial charge in [0.15, 0.2) is 0 Å². The molecule has 0 aliphatic carbocycles. The fraction of sp³-hybridized carbons (Fsp3) is 0.0833.